The van der Waals surface area contributed by atoms with Crippen molar-refractivity contribution in [2.75, 3.05) is 19.7 Å². The van der Waals surface area contributed by atoms with Gasteiger partial charge in [0.2, 0.25) is 11.8 Å². The number of ether oxygens (including phenoxy) is 1. The standard InChI is InChI=1S/C15H22N6O2/c1-2-3-12-16-14(19-17-12)11-8-21(6-7-22-11)9-13-18-20-15(23-13)10-4-5-10/h10-11H,2-9H2,1H3,(H,16,17,19)/t11-/m1/s1. The smallest absolute Gasteiger partial charge is 0.230 e. The molecule has 1 aliphatic heterocycles. The zero-order valence-corrected chi connectivity index (χ0v) is 13.4. The van der Waals surface area contributed by atoms with E-state index in [4.69, 9.17) is 9.15 Å². The summed E-state index contributed by atoms with van der Waals surface area (Å²) in [4.78, 5) is 6.79. The molecule has 1 saturated carbocycles. The fourth-order valence-corrected chi connectivity index (χ4v) is 2.82. The molecular formula is C15H22N6O2. The van der Waals surface area contributed by atoms with Crippen molar-refractivity contribution in [1.82, 2.24) is 30.3 Å². The Morgan fingerprint density at radius 3 is 3.04 bits per heavy atom. The van der Waals surface area contributed by atoms with Crippen molar-refractivity contribution in [3.63, 3.8) is 0 Å². The maximum Gasteiger partial charge on any atom is 0.230 e. The van der Waals surface area contributed by atoms with Crippen LogP contribution in [0.2, 0.25) is 0 Å². The van der Waals surface area contributed by atoms with Crippen LogP contribution in [0.3, 0.4) is 0 Å². The molecule has 2 aromatic rings. The maximum atomic E-state index is 5.82. The second-order valence-electron chi connectivity index (χ2n) is 6.29. The monoisotopic (exact) mass is 318 g/mol. The average Bonchev–Trinajstić information content (AvgIpc) is 3.13. The number of morpholine rings is 1. The van der Waals surface area contributed by atoms with Gasteiger partial charge in [0.05, 0.1) is 13.2 Å². The van der Waals surface area contributed by atoms with E-state index in [2.05, 4.69) is 37.2 Å². The van der Waals surface area contributed by atoms with Gasteiger partial charge in [0.15, 0.2) is 5.82 Å². The zero-order valence-electron chi connectivity index (χ0n) is 13.4. The molecule has 1 aliphatic carbocycles. The predicted octanol–water partition coefficient (Wildman–Crippen LogP) is 1.59. The summed E-state index contributed by atoms with van der Waals surface area (Å²) in [6.45, 7) is 5.04. The maximum absolute atomic E-state index is 5.82. The van der Waals surface area contributed by atoms with Crippen molar-refractivity contribution < 1.29 is 9.15 Å². The van der Waals surface area contributed by atoms with E-state index in [1.807, 2.05) is 0 Å². The fraction of sp³-hybridized carbons (Fsp3) is 0.733. The lowest BCUT2D eigenvalue weighted by Gasteiger charge is -2.30. The summed E-state index contributed by atoms with van der Waals surface area (Å²) < 4.78 is 11.6. The molecule has 3 heterocycles. The van der Waals surface area contributed by atoms with Gasteiger partial charge in [-0.1, -0.05) is 6.92 Å². The molecule has 0 unspecified atom stereocenters. The van der Waals surface area contributed by atoms with Crippen LogP contribution in [0.5, 0.6) is 0 Å². The highest BCUT2D eigenvalue weighted by Gasteiger charge is 2.30. The lowest BCUT2D eigenvalue weighted by Crippen LogP contribution is -2.38. The molecule has 23 heavy (non-hydrogen) atoms. The van der Waals surface area contributed by atoms with Crippen molar-refractivity contribution in [3.05, 3.63) is 23.4 Å². The number of hydrogen-bond acceptors (Lipinski definition) is 7. The SMILES string of the molecule is CCCc1nc([C@H]2CN(Cc3nnc(C4CC4)o3)CCO2)n[nH]1. The predicted molar refractivity (Wildman–Crippen MR) is 80.6 cm³/mol. The number of aryl methyl sites for hydroxylation is 1. The van der Waals surface area contributed by atoms with E-state index in [1.54, 1.807) is 0 Å². The van der Waals surface area contributed by atoms with E-state index < -0.39 is 0 Å². The van der Waals surface area contributed by atoms with E-state index in [0.717, 1.165) is 43.5 Å². The Kier molecular flexibility index (Phi) is 4.09. The van der Waals surface area contributed by atoms with Crippen LogP contribution in [0.25, 0.3) is 0 Å². The summed E-state index contributed by atoms with van der Waals surface area (Å²) in [6.07, 6.45) is 4.21. The summed E-state index contributed by atoms with van der Waals surface area (Å²) in [5, 5.41) is 15.6. The Morgan fingerprint density at radius 1 is 1.30 bits per heavy atom. The van der Waals surface area contributed by atoms with E-state index in [0.29, 0.717) is 25.0 Å². The number of rotatable bonds is 6. The number of aromatic nitrogens is 5. The van der Waals surface area contributed by atoms with Gasteiger partial charge in [-0.25, -0.2) is 4.98 Å². The number of nitrogens with zero attached hydrogens (tertiary/aromatic N) is 5. The van der Waals surface area contributed by atoms with Gasteiger partial charge in [-0.2, -0.15) is 5.10 Å². The van der Waals surface area contributed by atoms with E-state index in [1.165, 1.54) is 12.8 Å². The van der Waals surface area contributed by atoms with Crippen molar-refractivity contribution >= 4 is 0 Å². The number of H-pyrrole nitrogens is 1. The topological polar surface area (TPSA) is 93.0 Å². The highest BCUT2D eigenvalue weighted by atomic mass is 16.5. The quantitative estimate of drug-likeness (QED) is 0.864. The molecule has 0 aromatic carbocycles. The van der Waals surface area contributed by atoms with E-state index in [-0.39, 0.29) is 6.10 Å². The Bertz CT molecular complexity index is 650. The van der Waals surface area contributed by atoms with Crippen LogP contribution in [0.15, 0.2) is 4.42 Å². The normalized spacial score (nSPS) is 22.6. The van der Waals surface area contributed by atoms with Gasteiger partial charge < -0.3 is 9.15 Å². The van der Waals surface area contributed by atoms with Crippen LogP contribution in [-0.4, -0.2) is 50.0 Å². The molecule has 2 fully saturated rings. The van der Waals surface area contributed by atoms with E-state index >= 15 is 0 Å². The summed E-state index contributed by atoms with van der Waals surface area (Å²) in [5.41, 5.74) is 0. The molecule has 8 nitrogen and oxygen atoms in total. The minimum Gasteiger partial charge on any atom is -0.424 e. The minimum atomic E-state index is -0.101. The Labute approximate surface area is 134 Å². The average molecular weight is 318 g/mol. The summed E-state index contributed by atoms with van der Waals surface area (Å²) in [6, 6.07) is 0. The van der Waals surface area contributed by atoms with Gasteiger partial charge in [-0.05, 0) is 19.3 Å². The van der Waals surface area contributed by atoms with Gasteiger partial charge in [-0.3, -0.25) is 10.00 Å². The highest BCUT2D eigenvalue weighted by Crippen LogP contribution is 2.39. The highest BCUT2D eigenvalue weighted by molar-refractivity contribution is 5.01. The first-order valence-corrected chi connectivity index (χ1v) is 8.39. The molecule has 2 aromatic heterocycles. The summed E-state index contributed by atoms with van der Waals surface area (Å²) >= 11 is 0. The third-order valence-electron chi connectivity index (χ3n) is 4.24. The first-order valence-electron chi connectivity index (χ1n) is 8.39. The number of nitrogens with one attached hydrogen (secondary N) is 1. The van der Waals surface area contributed by atoms with Crippen LogP contribution < -0.4 is 0 Å². The second kappa shape index (κ2) is 6.37. The molecule has 0 radical (unpaired) electrons. The molecule has 1 atom stereocenters. The summed E-state index contributed by atoms with van der Waals surface area (Å²) in [7, 11) is 0. The van der Waals surface area contributed by atoms with Crippen LogP contribution in [0, 0.1) is 0 Å². The van der Waals surface area contributed by atoms with Crippen LogP contribution in [0.1, 0.15) is 61.6 Å². The molecule has 0 spiro atoms. The minimum absolute atomic E-state index is 0.101. The van der Waals surface area contributed by atoms with Gasteiger partial charge >= 0.3 is 0 Å². The van der Waals surface area contributed by atoms with Crippen LogP contribution in [-0.2, 0) is 17.7 Å². The van der Waals surface area contributed by atoms with Crippen molar-refractivity contribution in [1.29, 1.82) is 0 Å². The Hall–Kier alpha value is -1.80. The molecule has 1 saturated heterocycles. The first-order chi connectivity index (χ1) is 11.3. The Balaban J connectivity index is 1.37. The second-order valence-corrected chi connectivity index (χ2v) is 6.29. The van der Waals surface area contributed by atoms with Gasteiger partial charge in [0.1, 0.15) is 11.9 Å². The van der Waals surface area contributed by atoms with Gasteiger partial charge in [0, 0.05) is 25.4 Å². The van der Waals surface area contributed by atoms with Crippen molar-refractivity contribution in [2.24, 2.45) is 0 Å². The lowest BCUT2D eigenvalue weighted by molar-refractivity contribution is -0.0393. The molecule has 4 rings (SSSR count). The molecular weight excluding hydrogens is 296 g/mol. The van der Waals surface area contributed by atoms with Gasteiger partial charge in [-0.15, -0.1) is 10.2 Å². The zero-order chi connectivity index (χ0) is 15.6. The van der Waals surface area contributed by atoms with E-state index in [9.17, 15) is 0 Å². The first kappa shape index (κ1) is 14.8. The molecule has 124 valence electrons. The van der Waals surface area contributed by atoms with Crippen molar-refractivity contribution in [2.45, 2.75) is 51.2 Å². The van der Waals surface area contributed by atoms with Crippen molar-refractivity contribution in [3.8, 4) is 0 Å². The lowest BCUT2D eigenvalue weighted by atomic mass is 10.2. The molecule has 2 aliphatic rings. The number of hydrogen-bond donors (Lipinski definition) is 1. The summed E-state index contributed by atoms with van der Waals surface area (Å²) in [5.74, 6) is 3.65. The van der Waals surface area contributed by atoms with Crippen LogP contribution >= 0.6 is 0 Å². The molecule has 1 N–H and O–H groups in total. The number of aromatic amines is 1. The fourth-order valence-electron chi connectivity index (χ4n) is 2.82. The third-order valence-corrected chi connectivity index (χ3v) is 4.24. The molecule has 0 amide bonds. The largest absolute Gasteiger partial charge is 0.424 e. The molecule has 0 bridgehead atoms. The molecule has 8 heteroatoms. The third kappa shape index (κ3) is 3.42. The Morgan fingerprint density at radius 2 is 2.22 bits per heavy atom. The van der Waals surface area contributed by atoms with Gasteiger partial charge in [0.25, 0.3) is 0 Å². The van der Waals surface area contributed by atoms with Crippen LogP contribution in [0.4, 0.5) is 0 Å².